The molecule has 138 valence electrons. The second-order valence-electron chi connectivity index (χ2n) is 5.36. The zero-order valence-electron chi connectivity index (χ0n) is 14.7. The third-order valence-electron chi connectivity index (χ3n) is 3.62. The van der Waals surface area contributed by atoms with Crippen molar-refractivity contribution in [2.45, 2.75) is 0 Å². The van der Waals surface area contributed by atoms with Crippen LogP contribution in [-0.2, 0) is 4.74 Å². The van der Waals surface area contributed by atoms with E-state index < -0.39 is 5.97 Å². The molecule has 3 aromatic rings. The first-order valence-electron chi connectivity index (χ1n) is 7.93. The Balaban J connectivity index is 1.82. The molecule has 2 N–H and O–H groups in total. The summed E-state index contributed by atoms with van der Waals surface area (Å²) in [5, 5.41) is 14.4. The van der Waals surface area contributed by atoms with Crippen LogP contribution in [0.25, 0.3) is 11.3 Å². The summed E-state index contributed by atoms with van der Waals surface area (Å²) in [6, 6.07) is 14.3. The van der Waals surface area contributed by atoms with Crippen molar-refractivity contribution >= 4 is 28.7 Å². The summed E-state index contributed by atoms with van der Waals surface area (Å²) < 4.78 is 9.85. The van der Waals surface area contributed by atoms with Gasteiger partial charge >= 0.3 is 5.97 Å². The normalized spacial score (nSPS) is 10.7. The van der Waals surface area contributed by atoms with E-state index in [0.29, 0.717) is 27.0 Å². The fraction of sp³-hybridized carbons (Fsp3) is 0.105. The van der Waals surface area contributed by atoms with Crippen molar-refractivity contribution in [3.8, 4) is 22.8 Å². The number of nitrogens with zero attached hydrogens (tertiary/aromatic N) is 2. The predicted octanol–water partition coefficient (Wildman–Crippen LogP) is 3.76. The number of phenolic OH excluding ortho intramolecular Hbond substituents is 1. The van der Waals surface area contributed by atoms with Crippen LogP contribution in [-0.4, -0.2) is 36.5 Å². The second-order valence-corrected chi connectivity index (χ2v) is 6.35. The minimum Gasteiger partial charge on any atom is -0.504 e. The van der Waals surface area contributed by atoms with Crippen molar-refractivity contribution in [3.63, 3.8) is 0 Å². The molecule has 0 aliphatic carbocycles. The highest BCUT2D eigenvalue weighted by Gasteiger charge is 2.19. The lowest BCUT2D eigenvalue weighted by Gasteiger charge is -2.02. The minimum atomic E-state index is -0.455. The van der Waals surface area contributed by atoms with Gasteiger partial charge in [-0.15, -0.1) is 0 Å². The fourth-order valence-electron chi connectivity index (χ4n) is 2.34. The van der Waals surface area contributed by atoms with Crippen LogP contribution in [0.3, 0.4) is 0 Å². The number of ether oxygens (including phenoxy) is 2. The Morgan fingerprint density at radius 2 is 2.00 bits per heavy atom. The van der Waals surface area contributed by atoms with E-state index in [1.807, 2.05) is 30.3 Å². The first-order valence-corrected chi connectivity index (χ1v) is 8.74. The average Bonchev–Trinajstić information content (AvgIpc) is 3.12. The molecule has 0 aliphatic heterocycles. The van der Waals surface area contributed by atoms with Crippen molar-refractivity contribution in [2.24, 2.45) is 5.10 Å². The van der Waals surface area contributed by atoms with E-state index in [4.69, 9.17) is 9.47 Å². The van der Waals surface area contributed by atoms with E-state index in [0.717, 1.165) is 16.9 Å². The fourth-order valence-corrected chi connectivity index (χ4v) is 3.20. The molecule has 1 heterocycles. The number of hydrazone groups is 1. The maximum Gasteiger partial charge on any atom is 0.350 e. The highest BCUT2D eigenvalue weighted by atomic mass is 32.1. The van der Waals surface area contributed by atoms with Crippen LogP contribution >= 0.6 is 11.3 Å². The molecule has 7 nitrogen and oxygen atoms in total. The summed E-state index contributed by atoms with van der Waals surface area (Å²) in [7, 11) is 2.81. The molecule has 2 aromatic carbocycles. The largest absolute Gasteiger partial charge is 0.504 e. The van der Waals surface area contributed by atoms with Gasteiger partial charge in [-0.3, -0.25) is 5.43 Å². The Hall–Kier alpha value is -3.39. The zero-order chi connectivity index (χ0) is 19.2. The second kappa shape index (κ2) is 8.33. The Labute approximate surface area is 159 Å². The predicted molar refractivity (Wildman–Crippen MR) is 105 cm³/mol. The summed E-state index contributed by atoms with van der Waals surface area (Å²) in [5.41, 5.74) is 4.83. The lowest BCUT2D eigenvalue weighted by atomic mass is 10.1. The van der Waals surface area contributed by atoms with Crippen LogP contribution in [0.5, 0.6) is 11.5 Å². The van der Waals surface area contributed by atoms with Crippen LogP contribution in [0, 0.1) is 0 Å². The van der Waals surface area contributed by atoms with Crippen LogP contribution in [0.2, 0.25) is 0 Å². The third-order valence-corrected chi connectivity index (χ3v) is 4.56. The molecule has 0 saturated carbocycles. The van der Waals surface area contributed by atoms with Crippen LogP contribution in [0.4, 0.5) is 5.13 Å². The van der Waals surface area contributed by atoms with Gasteiger partial charge in [0, 0.05) is 5.56 Å². The van der Waals surface area contributed by atoms with E-state index in [1.165, 1.54) is 26.5 Å². The summed E-state index contributed by atoms with van der Waals surface area (Å²) in [4.78, 5) is 16.9. The van der Waals surface area contributed by atoms with Crippen LogP contribution in [0.15, 0.2) is 53.6 Å². The number of nitrogens with one attached hydrogen (secondary N) is 1. The van der Waals surface area contributed by atoms with E-state index in [1.54, 1.807) is 12.1 Å². The smallest absolute Gasteiger partial charge is 0.350 e. The number of thiazole rings is 1. The third kappa shape index (κ3) is 4.24. The van der Waals surface area contributed by atoms with E-state index in [-0.39, 0.29) is 5.75 Å². The molecular formula is C19H17N3O4S. The maximum absolute atomic E-state index is 12.1. The number of carbonyl (C=O) groups is 1. The van der Waals surface area contributed by atoms with Gasteiger partial charge < -0.3 is 14.6 Å². The Bertz CT molecular complexity index is 970. The molecule has 0 spiro atoms. The van der Waals surface area contributed by atoms with E-state index >= 15 is 0 Å². The van der Waals surface area contributed by atoms with E-state index in [2.05, 4.69) is 15.5 Å². The van der Waals surface area contributed by atoms with Crippen molar-refractivity contribution in [1.29, 1.82) is 0 Å². The number of hydrogen-bond acceptors (Lipinski definition) is 8. The molecule has 0 aliphatic rings. The minimum absolute atomic E-state index is 0.0232. The highest BCUT2D eigenvalue weighted by Crippen LogP contribution is 2.31. The number of rotatable bonds is 6. The highest BCUT2D eigenvalue weighted by molar-refractivity contribution is 7.17. The Morgan fingerprint density at radius 3 is 2.67 bits per heavy atom. The first-order chi connectivity index (χ1) is 13.1. The zero-order valence-corrected chi connectivity index (χ0v) is 15.5. The molecule has 1 aromatic heterocycles. The number of methoxy groups -OCH3 is 2. The van der Waals surface area contributed by atoms with Gasteiger partial charge in [-0.2, -0.15) is 5.10 Å². The monoisotopic (exact) mass is 383 g/mol. The lowest BCUT2D eigenvalue weighted by Crippen LogP contribution is -2.00. The topological polar surface area (TPSA) is 93.0 Å². The van der Waals surface area contributed by atoms with Crippen molar-refractivity contribution in [1.82, 2.24) is 4.98 Å². The number of anilines is 1. The molecule has 27 heavy (non-hydrogen) atoms. The summed E-state index contributed by atoms with van der Waals surface area (Å²) >= 11 is 1.15. The van der Waals surface area contributed by atoms with Gasteiger partial charge in [0.1, 0.15) is 4.88 Å². The molecule has 8 heteroatoms. The quantitative estimate of drug-likeness (QED) is 0.382. The molecule has 0 atom stereocenters. The van der Waals surface area contributed by atoms with Gasteiger partial charge in [0.25, 0.3) is 0 Å². The number of carbonyl (C=O) groups excluding carboxylic acids is 1. The van der Waals surface area contributed by atoms with Gasteiger partial charge in [0.05, 0.1) is 26.1 Å². The van der Waals surface area contributed by atoms with Crippen molar-refractivity contribution in [3.05, 3.63) is 59.0 Å². The summed E-state index contributed by atoms with van der Waals surface area (Å²) in [6.45, 7) is 0. The van der Waals surface area contributed by atoms with Crippen LogP contribution < -0.4 is 10.2 Å². The molecular weight excluding hydrogens is 366 g/mol. The maximum atomic E-state index is 12.1. The lowest BCUT2D eigenvalue weighted by molar-refractivity contribution is 0.0607. The Kier molecular flexibility index (Phi) is 5.68. The molecule has 0 radical (unpaired) electrons. The molecule has 0 bridgehead atoms. The molecule has 0 amide bonds. The number of aromatic hydroxyl groups is 1. The summed E-state index contributed by atoms with van der Waals surface area (Å²) in [5.74, 6) is -0.0474. The van der Waals surface area contributed by atoms with Crippen molar-refractivity contribution in [2.75, 3.05) is 19.6 Å². The van der Waals surface area contributed by atoms with Crippen LogP contribution in [0.1, 0.15) is 15.2 Å². The van der Waals surface area contributed by atoms with Gasteiger partial charge in [-0.25, -0.2) is 9.78 Å². The van der Waals surface area contributed by atoms with E-state index in [9.17, 15) is 9.90 Å². The van der Waals surface area contributed by atoms with Crippen molar-refractivity contribution < 1.29 is 19.4 Å². The standard InChI is InChI=1S/C19H17N3O4S/c1-25-15-9-8-12(10-14(15)23)11-20-22-19-21-16(13-6-4-3-5-7-13)17(27-19)18(24)26-2/h3-11,23H,1-2H3,(H,21,22)/b20-11-. The van der Waals surface area contributed by atoms with Gasteiger partial charge in [0.2, 0.25) is 5.13 Å². The summed E-state index contributed by atoms with van der Waals surface area (Å²) in [6.07, 6.45) is 1.53. The molecule has 3 rings (SSSR count). The number of aromatic nitrogens is 1. The number of benzene rings is 2. The number of esters is 1. The first kappa shape index (κ1) is 18.4. The molecule has 0 saturated heterocycles. The SMILES string of the molecule is COC(=O)c1sc(N/N=C\c2ccc(OC)c(O)c2)nc1-c1ccccc1. The van der Waals surface area contributed by atoms with Gasteiger partial charge in [-0.05, 0) is 23.8 Å². The van der Waals surface area contributed by atoms with Gasteiger partial charge in [-0.1, -0.05) is 41.7 Å². The molecule has 0 unspecified atom stereocenters. The average molecular weight is 383 g/mol. The number of hydrogen-bond donors (Lipinski definition) is 2. The number of phenols is 1. The Morgan fingerprint density at radius 1 is 1.22 bits per heavy atom. The van der Waals surface area contributed by atoms with Gasteiger partial charge in [0.15, 0.2) is 11.5 Å². The molecule has 0 fully saturated rings.